The third-order valence-electron chi connectivity index (χ3n) is 4.48. The molecular formula is C19H18ClN5O2. The number of methoxy groups -OCH3 is 1. The van der Waals surface area contributed by atoms with Gasteiger partial charge in [-0.1, -0.05) is 11.6 Å². The van der Waals surface area contributed by atoms with E-state index in [1.165, 1.54) is 0 Å². The van der Waals surface area contributed by atoms with Crippen molar-refractivity contribution in [2.24, 2.45) is 0 Å². The standard InChI is InChI=1S/C19H18ClN5O2/c1-27-16-8-2-13(3-9-16)18-23-22-17-12-24(10-11-25(17)18)19(26)21-15-6-4-14(20)5-7-15/h2-9H,10-12H2,1H3,(H,21,26). The number of hydrogen-bond donors (Lipinski definition) is 1. The predicted molar refractivity (Wildman–Crippen MR) is 103 cm³/mol. The number of aromatic nitrogens is 3. The van der Waals surface area contributed by atoms with Gasteiger partial charge in [0.2, 0.25) is 0 Å². The average molecular weight is 384 g/mol. The Kier molecular flexibility index (Phi) is 4.68. The lowest BCUT2D eigenvalue weighted by atomic mass is 10.2. The summed E-state index contributed by atoms with van der Waals surface area (Å²) in [6.45, 7) is 1.62. The third kappa shape index (κ3) is 3.59. The monoisotopic (exact) mass is 383 g/mol. The summed E-state index contributed by atoms with van der Waals surface area (Å²) in [6, 6.07) is 14.6. The SMILES string of the molecule is COc1ccc(-c2nnc3n2CCN(C(=O)Nc2ccc(Cl)cc2)C3)cc1. The molecule has 2 amide bonds. The van der Waals surface area contributed by atoms with Crippen LogP contribution in [0.5, 0.6) is 5.75 Å². The van der Waals surface area contributed by atoms with E-state index in [9.17, 15) is 4.79 Å². The van der Waals surface area contributed by atoms with Gasteiger partial charge < -0.3 is 19.5 Å². The fourth-order valence-electron chi connectivity index (χ4n) is 3.02. The number of urea groups is 1. The summed E-state index contributed by atoms with van der Waals surface area (Å²) < 4.78 is 7.24. The normalized spacial score (nSPS) is 13.2. The van der Waals surface area contributed by atoms with E-state index in [0.29, 0.717) is 30.3 Å². The Hall–Kier alpha value is -3.06. The zero-order chi connectivity index (χ0) is 18.8. The smallest absolute Gasteiger partial charge is 0.322 e. The third-order valence-corrected chi connectivity index (χ3v) is 4.74. The summed E-state index contributed by atoms with van der Waals surface area (Å²) in [5.41, 5.74) is 1.67. The number of amides is 2. The molecule has 7 nitrogen and oxygen atoms in total. The van der Waals surface area contributed by atoms with Crippen LogP contribution >= 0.6 is 11.6 Å². The molecule has 0 fully saturated rings. The maximum Gasteiger partial charge on any atom is 0.322 e. The first-order chi connectivity index (χ1) is 13.1. The summed E-state index contributed by atoms with van der Waals surface area (Å²) in [5, 5.41) is 12.1. The van der Waals surface area contributed by atoms with Crippen LogP contribution in [0, 0.1) is 0 Å². The molecule has 2 aromatic carbocycles. The first kappa shape index (κ1) is 17.4. The van der Waals surface area contributed by atoms with Gasteiger partial charge in [0.1, 0.15) is 5.75 Å². The molecule has 27 heavy (non-hydrogen) atoms. The summed E-state index contributed by atoms with van der Waals surface area (Å²) in [6.07, 6.45) is 0. The van der Waals surface area contributed by atoms with Crippen LogP contribution in [0.4, 0.5) is 10.5 Å². The second kappa shape index (κ2) is 7.28. The number of fused-ring (bicyclic) bond motifs is 1. The molecule has 0 spiro atoms. The molecule has 0 saturated heterocycles. The second-order valence-electron chi connectivity index (χ2n) is 6.18. The number of nitrogens with one attached hydrogen (secondary N) is 1. The first-order valence-electron chi connectivity index (χ1n) is 8.52. The van der Waals surface area contributed by atoms with Gasteiger partial charge in [0.25, 0.3) is 0 Å². The molecule has 0 aliphatic carbocycles. The minimum atomic E-state index is -0.169. The largest absolute Gasteiger partial charge is 0.497 e. The van der Waals surface area contributed by atoms with Gasteiger partial charge in [-0.2, -0.15) is 0 Å². The molecule has 0 unspecified atom stereocenters. The van der Waals surface area contributed by atoms with E-state index < -0.39 is 0 Å². The van der Waals surface area contributed by atoms with Crippen LogP contribution in [0.25, 0.3) is 11.4 Å². The zero-order valence-corrected chi connectivity index (χ0v) is 15.5. The van der Waals surface area contributed by atoms with E-state index in [1.54, 1.807) is 36.3 Å². The van der Waals surface area contributed by atoms with Crippen molar-refractivity contribution in [2.75, 3.05) is 19.0 Å². The predicted octanol–water partition coefficient (Wildman–Crippen LogP) is 3.65. The van der Waals surface area contributed by atoms with Crippen molar-refractivity contribution in [1.29, 1.82) is 0 Å². The lowest BCUT2D eigenvalue weighted by Gasteiger charge is -2.28. The zero-order valence-electron chi connectivity index (χ0n) is 14.7. The van der Waals surface area contributed by atoms with Crippen molar-refractivity contribution in [1.82, 2.24) is 19.7 Å². The van der Waals surface area contributed by atoms with Gasteiger partial charge in [-0.15, -0.1) is 10.2 Å². The maximum absolute atomic E-state index is 12.5. The van der Waals surface area contributed by atoms with Crippen molar-refractivity contribution in [3.8, 4) is 17.1 Å². The van der Waals surface area contributed by atoms with Crippen LogP contribution in [0.3, 0.4) is 0 Å². The van der Waals surface area contributed by atoms with E-state index in [-0.39, 0.29) is 6.03 Å². The Morgan fingerprint density at radius 2 is 1.81 bits per heavy atom. The lowest BCUT2D eigenvalue weighted by Crippen LogP contribution is -2.41. The molecule has 0 radical (unpaired) electrons. The van der Waals surface area contributed by atoms with Crippen LogP contribution in [0.2, 0.25) is 5.02 Å². The van der Waals surface area contributed by atoms with Crippen molar-refractivity contribution in [3.05, 3.63) is 59.4 Å². The Balaban J connectivity index is 1.48. The summed E-state index contributed by atoms with van der Waals surface area (Å²) >= 11 is 5.87. The minimum absolute atomic E-state index is 0.169. The van der Waals surface area contributed by atoms with E-state index in [4.69, 9.17) is 16.3 Å². The molecule has 1 N–H and O–H groups in total. The molecular weight excluding hydrogens is 366 g/mol. The highest BCUT2D eigenvalue weighted by Gasteiger charge is 2.25. The number of rotatable bonds is 3. The van der Waals surface area contributed by atoms with Crippen molar-refractivity contribution in [2.45, 2.75) is 13.1 Å². The minimum Gasteiger partial charge on any atom is -0.497 e. The van der Waals surface area contributed by atoms with Crippen LogP contribution in [0.15, 0.2) is 48.5 Å². The van der Waals surface area contributed by atoms with Crippen LogP contribution in [0.1, 0.15) is 5.82 Å². The maximum atomic E-state index is 12.5. The molecule has 0 bridgehead atoms. The Bertz CT molecular complexity index is 953. The summed E-state index contributed by atoms with van der Waals surface area (Å²) in [4.78, 5) is 14.2. The van der Waals surface area contributed by atoms with Gasteiger partial charge in [0.05, 0.1) is 13.7 Å². The summed E-state index contributed by atoms with van der Waals surface area (Å²) in [5.74, 6) is 2.35. The fraction of sp³-hybridized carbons (Fsp3) is 0.211. The Labute approximate surface area is 161 Å². The van der Waals surface area contributed by atoms with Crippen LogP contribution in [-0.4, -0.2) is 39.4 Å². The van der Waals surface area contributed by atoms with Gasteiger partial charge >= 0.3 is 6.03 Å². The van der Waals surface area contributed by atoms with Gasteiger partial charge in [0, 0.05) is 29.4 Å². The first-order valence-corrected chi connectivity index (χ1v) is 8.90. The molecule has 1 aliphatic rings. The highest BCUT2D eigenvalue weighted by Crippen LogP contribution is 2.24. The molecule has 1 aliphatic heterocycles. The lowest BCUT2D eigenvalue weighted by molar-refractivity contribution is 0.196. The van der Waals surface area contributed by atoms with Crippen molar-refractivity contribution < 1.29 is 9.53 Å². The fourth-order valence-corrected chi connectivity index (χ4v) is 3.15. The van der Waals surface area contributed by atoms with Gasteiger partial charge in [-0.3, -0.25) is 0 Å². The number of ether oxygens (including phenoxy) is 1. The number of hydrogen-bond acceptors (Lipinski definition) is 4. The van der Waals surface area contributed by atoms with E-state index >= 15 is 0 Å². The van der Waals surface area contributed by atoms with Crippen molar-refractivity contribution in [3.63, 3.8) is 0 Å². The number of carbonyl (C=O) groups is 1. The van der Waals surface area contributed by atoms with Gasteiger partial charge in [0.15, 0.2) is 11.6 Å². The molecule has 0 atom stereocenters. The van der Waals surface area contributed by atoms with E-state index in [0.717, 1.165) is 23.0 Å². The second-order valence-corrected chi connectivity index (χ2v) is 6.62. The van der Waals surface area contributed by atoms with Gasteiger partial charge in [-0.05, 0) is 48.5 Å². The number of anilines is 1. The number of benzene rings is 2. The van der Waals surface area contributed by atoms with Crippen LogP contribution in [-0.2, 0) is 13.1 Å². The molecule has 138 valence electrons. The average Bonchev–Trinajstić information content (AvgIpc) is 3.13. The van der Waals surface area contributed by atoms with Gasteiger partial charge in [-0.25, -0.2) is 4.79 Å². The molecule has 0 saturated carbocycles. The van der Waals surface area contributed by atoms with E-state index in [1.807, 2.05) is 28.8 Å². The number of halogens is 1. The highest BCUT2D eigenvalue weighted by atomic mass is 35.5. The Morgan fingerprint density at radius 3 is 2.52 bits per heavy atom. The molecule has 2 heterocycles. The highest BCUT2D eigenvalue weighted by molar-refractivity contribution is 6.30. The van der Waals surface area contributed by atoms with Crippen LogP contribution < -0.4 is 10.1 Å². The molecule has 1 aromatic heterocycles. The van der Waals surface area contributed by atoms with E-state index in [2.05, 4.69) is 15.5 Å². The van der Waals surface area contributed by atoms with Crippen molar-refractivity contribution >= 4 is 23.3 Å². The molecule has 8 heteroatoms. The number of carbonyl (C=O) groups excluding carboxylic acids is 1. The molecule has 3 aromatic rings. The quantitative estimate of drug-likeness (QED) is 0.749. The topological polar surface area (TPSA) is 72.3 Å². The number of nitrogens with zero attached hydrogens (tertiary/aromatic N) is 4. The molecule has 4 rings (SSSR count). The Morgan fingerprint density at radius 1 is 1.07 bits per heavy atom. The summed E-state index contributed by atoms with van der Waals surface area (Å²) in [7, 11) is 1.64.